The van der Waals surface area contributed by atoms with Crippen LogP contribution in [0.3, 0.4) is 0 Å². The summed E-state index contributed by atoms with van der Waals surface area (Å²) in [5, 5.41) is 2.94. The lowest BCUT2D eigenvalue weighted by molar-refractivity contribution is -0.139. The lowest BCUT2D eigenvalue weighted by Crippen LogP contribution is -2.50. The largest absolute Gasteiger partial charge is 0.357 e. The van der Waals surface area contributed by atoms with Gasteiger partial charge in [0, 0.05) is 18.6 Å². The van der Waals surface area contributed by atoms with Crippen molar-refractivity contribution in [1.82, 2.24) is 10.2 Å². The lowest BCUT2D eigenvalue weighted by atomic mass is 10.1. The maximum atomic E-state index is 13.3. The normalized spacial score (nSPS) is 12.2. The first-order valence-electron chi connectivity index (χ1n) is 9.75. The first-order valence-corrected chi connectivity index (χ1v) is 12.0. The molecule has 0 fully saturated rings. The number of hydrogen-bond acceptors (Lipinski definition) is 4. The van der Waals surface area contributed by atoms with Crippen LogP contribution in [0.15, 0.2) is 42.5 Å². The summed E-state index contributed by atoms with van der Waals surface area (Å²) in [5.74, 6) is -0.840. The van der Waals surface area contributed by atoms with Crippen molar-refractivity contribution in [2.24, 2.45) is 0 Å². The minimum Gasteiger partial charge on any atom is -0.357 e. The van der Waals surface area contributed by atoms with Crippen LogP contribution < -0.4 is 9.62 Å². The fraction of sp³-hybridized carbons (Fsp3) is 0.364. The molecular weight excluding hydrogens is 438 g/mol. The Labute approximate surface area is 189 Å². The van der Waals surface area contributed by atoms with Gasteiger partial charge >= 0.3 is 0 Å². The minimum absolute atomic E-state index is 0.173. The Morgan fingerprint density at radius 3 is 2.29 bits per heavy atom. The van der Waals surface area contributed by atoms with Crippen LogP contribution in [0.1, 0.15) is 23.6 Å². The van der Waals surface area contributed by atoms with Gasteiger partial charge in [0.15, 0.2) is 0 Å². The van der Waals surface area contributed by atoms with E-state index >= 15 is 0 Å². The van der Waals surface area contributed by atoms with Crippen molar-refractivity contribution in [3.8, 4) is 0 Å². The van der Waals surface area contributed by atoms with Gasteiger partial charge < -0.3 is 10.2 Å². The maximum Gasteiger partial charge on any atom is 0.244 e. The highest BCUT2D eigenvalue weighted by Crippen LogP contribution is 2.25. The van der Waals surface area contributed by atoms with Gasteiger partial charge in [-0.05, 0) is 49.6 Å². The Morgan fingerprint density at radius 2 is 1.74 bits per heavy atom. The summed E-state index contributed by atoms with van der Waals surface area (Å²) < 4.78 is 26.0. The molecule has 7 nitrogen and oxygen atoms in total. The number of nitrogens with one attached hydrogen (secondary N) is 1. The lowest BCUT2D eigenvalue weighted by Gasteiger charge is -2.31. The fourth-order valence-electron chi connectivity index (χ4n) is 3.11. The van der Waals surface area contributed by atoms with E-state index in [0.717, 1.165) is 27.3 Å². The van der Waals surface area contributed by atoms with E-state index in [2.05, 4.69) is 5.32 Å². The van der Waals surface area contributed by atoms with Crippen LogP contribution in [0, 0.1) is 13.8 Å². The molecule has 9 heteroatoms. The third kappa shape index (κ3) is 6.21. The zero-order valence-corrected chi connectivity index (χ0v) is 19.9. The van der Waals surface area contributed by atoms with Crippen LogP contribution in [-0.2, 0) is 26.2 Å². The molecule has 1 N–H and O–H groups in total. The molecule has 0 aliphatic rings. The van der Waals surface area contributed by atoms with Gasteiger partial charge in [-0.1, -0.05) is 41.9 Å². The number of anilines is 1. The molecule has 2 amide bonds. The Hall–Kier alpha value is -2.58. The first-order chi connectivity index (χ1) is 14.5. The van der Waals surface area contributed by atoms with Gasteiger partial charge in [0.2, 0.25) is 21.8 Å². The molecule has 0 spiro atoms. The molecule has 0 aromatic heterocycles. The molecule has 0 aliphatic carbocycles. The number of rotatable bonds is 8. The summed E-state index contributed by atoms with van der Waals surface area (Å²) in [6.45, 7) is 5.05. The Balaban J connectivity index is 2.42. The molecule has 2 aromatic rings. The third-order valence-corrected chi connectivity index (χ3v) is 6.69. The standard InChI is InChI=1S/C22H28ClN3O4S/c1-15-8-6-7-9-18(15)13-25(17(3)22(28)24-4)21(27)14-26(31(5,29)30)19-11-10-16(2)20(23)12-19/h6-12,17H,13-14H2,1-5H3,(H,24,28). The molecule has 1 unspecified atom stereocenters. The highest BCUT2D eigenvalue weighted by atomic mass is 35.5. The van der Waals surface area contributed by atoms with E-state index in [9.17, 15) is 18.0 Å². The number of aryl methyl sites for hydroxylation is 2. The van der Waals surface area contributed by atoms with E-state index in [-0.39, 0.29) is 18.1 Å². The molecule has 0 saturated heterocycles. The van der Waals surface area contributed by atoms with Crippen molar-refractivity contribution in [2.45, 2.75) is 33.4 Å². The zero-order valence-electron chi connectivity index (χ0n) is 18.3. The highest BCUT2D eigenvalue weighted by Gasteiger charge is 2.30. The second kappa shape index (κ2) is 10.2. The summed E-state index contributed by atoms with van der Waals surface area (Å²) in [7, 11) is -2.29. The van der Waals surface area contributed by atoms with Crippen LogP contribution in [0.4, 0.5) is 5.69 Å². The molecule has 0 bridgehead atoms. The summed E-state index contributed by atoms with van der Waals surface area (Å²) in [5.41, 5.74) is 2.92. The number of hydrogen-bond donors (Lipinski definition) is 1. The van der Waals surface area contributed by atoms with Gasteiger partial charge in [-0.25, -0.2) is 8.42 Å². The quantitative estimate of drug-likeness (QED) is 0.649. The number of halogens is 1. The molecule has 0 aliphatic heterocycles. The molecule has 0 heterocycles. The molecule has 0 radical (unpaired) electrons. The average Bonchev–Trinajstić information content (AvgIpc) is 2.71. The van der Waals surface area contributed by atoms with E-state index in [1.54, 1.807) is 26.0 Å². The maximum absolute atomic E-state index is 13.3. The molecule has 1 atom stereocenters. The summed E-state index contributed by atoms with van der Waals surface area (Å²) in [6, 6.07) is 11.5. The number of likely N-dealkylation sites (N-methyl/N-ethyl adjacent to an activating group) is 1. The first kappa shape index (κ1) is 24.7. The van der Waals surface area contributed by atoms with Crippen LogP contribution >= 0.6 is 11.6 Å². The van der Waals surface area contributed by atoms with Crippen molar-refractivity contribution < 1.29 is 18.0 Å². The average molecular weight is 466 g/mol. The van der Waals surface area contributed by atoms with E-state index in [0.29, 0.717) is 5.02 Å². The number of carbonyl (C=O) groups is 2. The van der Waals surface area contributed by atoms with Crippen molar-refractivity contribution >= 4 is 39.1 Å². The van der Waals surface area contributed by atoms with Crippen LogP contribution in [0.25, 0.3) is 0 Å². The van der Waals surface area contributed by atoms with E-state index in [4.69, 9.17) is 11.6 Å². The van der Waals surface area contributed by atoms with Gasteiger partial charge in [0.25, 0.3) is 0 Å². The van der Waals surface area contributed by atoms with Crippen molar-refractivity contribution in [2.75, 3.05) is 24.2 Å². The predicted octanol–water partition coefficient (Wildman–Crippen LogP) is 2.89. The van der Waals surface area contributed by atoms with Crippen molar-refractivity contribution in [1.29, 1.82) is 0 Å². The smallest absolute Gasteiger partial charge is 0.244 e. The molecular formula is C22H28ClN3O4S. The SMILES string of the molecule is CNC(=O)C(C)N(Cc1ccccc1C)C(=O)CN(c1ccc(C)c(Cl)c1)S(C)(=O)=O. The van der Waals surface area contributed by atoms with E-state index in [1.165, 1.54) is 18.0 Å². The van der Waals surface area contributed by atoms with Crippen LogP contribution in [0.2, 0.25) is 5.02 Å². The molecule has 31 heavy (non-hydrogen) atoms. The monoisotopic (exact) mass is 465 g/mol. The molecule has 0 saturated carbocycles. The van der Waals surface area contributed by atoms with E-state index in [1.807, 2.05) is 31.2 Å². The predicted molar refractivity (Wildman–Crippen MR) is 124 cm³/mol. The topological polar surface area (TPSA) is 86.8 Å². The second-order valence-corrected chi connectivity index (χ2v) is 9.76. The number of carbonyl (C=O) groups excluding carboxylic acids is 2. The fourth-order valence-corrected chi connectivity index (χ4v) is 4.13. The Bertz CT molecular complexity index is 1070. The zero-order chi connectivity index (χ0) is 23.3. The molecule has 2 aromatic carbocycles. The van der Waals surface area contributed by atoms with Gasteiger partial charge in [-0.15, -0.1) is 0 Å². The van der Waals surface area contributed by atoms with Crippen LogP contribution in [0.5, 0.6) is 0 Å². The highest BCUT2D eigenvalue weighted by molar-refractivity contribution is 7.92. The number of nitrogens with zero attached hydrogens (tertiary/aromatic N) is 2. The van der Waals surface area contributed by atoms with Crippen molar-refractivity contribution in [3.05, 3.63) is 64.2 Å². The molecule has 168 valence electrons. The van der Waals surface area contributed by atoms with Gasteiger partial charge in [0.05, 0.1) is 11.9 Å². The van der Waals surface area contributed by atoms with E-state index < -0.39 is 28.5 Å². The van der Waals surface area contributed by atoms with Gasteiger partial charge in [-0.3, -0.25) is 13.9 Å². The number of amides is 2. The second-order valence-electron chi connectivity index (χ2n) is 7.44. The van der Waals surface area contributed by atoms with Gasteiger partial charge in [0.1, 0.15) is 12.6 Å². The summed E-state index contributed by atoms with van der Waals surface area (Å²) >= 11 is 6.17. The van der Waals surface area contributed by atoms with Crippen LogP contribution in [-0.4, -0.2) is 51.0 Å². The summed E-state index contributed by atoms with van der Waals surface area (Å²) in [4.78, 5) is 27.0. The third-order valence-electron chi connectivity index (χ3n) is 5.14. The number of benzene rings is 2. The Morgan fingerprint density at radius 1 is 1.10 bits per heavy atom. The van der Waals surface area contributed by atoms with Gasteiger partial charge in [-0.2, -0.15) is 0 Å². The number of sulfonamides is 1. The Kier molecular flexibility index (Phi) is 8.08. The molecule has 2 rings (SSSR count). The van der Waals surface area contributed by atoms with Crippen molar-refractivity contribution in [3.63, 3.8) is 0 Å². The summed E-state index contributed by atoms with van der Waals surface area (Å²) in [6.07, 6.45) is 1.03. The minimum atomic E-state index is -3.78.